The molecule has 2 aliphatic heterocycles. The molecule has 0 saturated carbocycles. The average molecular weight is 224 g/mol. The predicted octanol–water partition coefficient (Wildman–Crippen LogP) is 1.63. The highest BCUT2D eigenvalue weighted by Gasteiger charge is 2.35. The van der Waals surface area contributed by atoms with Crippen LogP contribution in [0.5, 0.6) is 0 Å². The lowest BCUT2D eigenvalue weighted by molar-refractivity contribution is -0.136. The molecular weight excluding hydrogens is 200 g/mol. The molecule has 2 aliphatic rings. The summed E-state index contributed by atoms with van der Waals surface area (Å²) in [7, 11) is 0. The summed E-state index contributed by atoms with van der Waals surface area (Å²) in [6.45, 7) is 7.28. The van der Waals surface area contributed by atoms with Crippen molar-refractivity contribution >= 4 is 5.91 Å². The van der Waals surface area contributed by atoms with Crippen molar-refractivity contribution in [2.45, 2.75) is 45.6 Å². The van der Waals surface area contributed by atoms with Gasteiger partial charge in [0.25, 0.3) is 0 Å². The molecule has 3 nitrogen and oxygen atoms in total. The summed E-state index contributed by atoms with van der Waals surface area (Å²) < 4.78 is 0. The first-order chi connectivity index (χ1) is 7.70. The van der Waals surface area contributed by atoms with Gasteiger partial charge in [0.05, 0.1) is 0 Å². The molecule has 1 N–H and O–H groups in total. The summed E-state index contributed by atoms with van der Waals surface area (Å²) in [5, 5.41) is 3.40. The third kappa shape index (κ3) is 2.40. The van der Waals surface area contributed by atoms with E-state index in [1.54, 1.807) is 0 Å². The highest BCUT2D eigenvalue weighted by molar-refractivity contribution is 5.78. The molecule has 0 radical (unpaired) electrons. The number of likely N-dealkylation sites (tertiary alicyclic amines) is 1. The lowest BCUT2D eigenvalue weighted by atomic mass is 9.88. The van der Waals surface area contributed by atoms with Gasteiger partial charge in [0.1, 0.15) is 0 Å². The zero-order valence-corrected chi connectivity index (χ0v) is 10.5. The van der Waals surface area contributed by atoms with Gasteiger partial charge in [-0.05, 0) is 44.7 Å². The minimum absolute atomic E-state index is 0.155. The maximum absolute atomic E-state index is 12.1. The molecule has 1 unspecified atom stereocenters. The van der Waals surface area contributed by atoms with Crippen molar-refractivity contribution in [3.63, 3.8) is 0 Å². The normalized spacial score (nSPS) is 27.7. The molecule has 0 aliphatic carbocycles. The summed E-state index contributed by atoms with van der Waals surface area (Å²) in [6, 6.07) is 0.539. The van der Waals surface area contributed by atoms with Crippen LogP contribution in [0.4, 0.5) is 0 Å². The molecule has 2 fully saturated rings. The van der Waals surface area contributed by atoms with Crippen LogP contribution in [0, 0.1) is 11.8 Å². The van der Waals surface area contributed by atoms with Gasteiger partial charge in [-0.1, -0.05) is 13.8 Å². The topological polar surface area (TPSA) is 32.3 Å². The Balaban J connectivity index is 1.99. The van der Waals surface area contributed by atoms with Crippen molar-refractivity contribution in [2.24, 2.45) is 11.8 Å². The van der Waals surface area contributed by atoms with Gasteiger partial charge in [-0.3, -0.25) is 4.79 Å². The molecule has 2 heterocycles. The Kier molecular flexibility index (Phi) is 3.85. The fourth-order valence-electron chi connectivity index (χ4n) is 3.12. The highest BCUT2D eigenvalue weighted by atomic mass is 16.2. The highest BCUT2D eigenvalue weighted by Crippen LogP contribution is 2.30. The van der Waals surface area contributed by atoms with Crippen LogP contribution in [0.2, 0.25) is 0 Å². The summed E-state index contributed by atoms with van der Waals surface area (Å²) in [4.78, 5) is 14.3. The van der Waals surface area contributed by atoms with Gasteiger partial charge in [0.15, 0.2) is 0 Å². The average Bonchev–Trinajstić information content (AvgIpc) is 2.77. The van der Waals surface area contributed by atoms with Gasteiger partial charge in [0.2, 0.25) is 5.91 Å². The maximum atomic E-state index is 12.1. The van der Waals surface area contributed by atoms with Gasteiger partial charge in [0, 0.05) is 18.5 Å². The molecule has 0 bridgehead atoms. The Morgan fingerprint density at radius 2 is 1.94 bits per heavy atom. The molecule has 2 rings (SSSR count). The molecule has 16 heavy (non-hydrogen) atoms. The molecule has 1 atom stereocenters. The van der Waals surface area contributed by atoms with E-state index in [0.29, 0.717) is 11.9 Å². The number of nitrogens with one attached hydrogen (secondary N) is 1. The van der Waals surface area contributed by atoms with E-state index in [1.165, 1.54) is 25.7 Å². The number of hydrogen-bond donors (Lipinski definition) is 1. The maximum Gasteiger partial charge on any atom is 0.225 e. The monoisotopic (exact) mass is 224 g/mol. The van der Waals surface area contributed by atoms with Crippen LogP contribution < -0.4 is 5.32 Å². The summed E-state index contributed by atoms with van der Waals surface area (Å²) in [6.07, 6.45) is 4.91. The van der Waals surface area contributed by atoms with Gasteiger partial charge in [-0.15, -0.1) is 0 Å². The third-order valence-electron chi connectivity index (χ3n) is 4.00. The summed E-state index contributed by atoms with van der Waals surface area (Å²) in [5.41, 5.74) is 0. The lowest BCUT2D eigenvalue weighted by Gasteiger charge is -2.35. The number of nitrogens with zero attached hydrogens (tertiary/aromatic N) is 1. The van der Waals surface area contributed by atoms with Gasteiger partial charge >= 0.3 is 0 Å². The first-order valence-electron chi connectivity index (χ1n) is 6.71. The minimum atomic E-state index is 0.155. The zero-order valence-electron chi connectivity index (χ0n) is 10.5. The van der Waals surface area contributed by atoms with Crippen LogP contribution >= 0.6 is 0 Å². The van der Waals surface area contributed by atoms with Crippen molar-refractivity contribution in [1.29, 1.82) is 0 Å². The second-order valence-electron chi connectivity index (χ2n) is 5.48. The van der Waals surface area contributed by atoms with E-state index in [-0.39, 0.29) is 5.92 Å². The first-order valence-corrected chi connectivity index (χ1v) is 6.71. The molecule has 2 saturated heterocycles. The van der Waals surface area contributed by atoms with Crippen LogP contribution in [0.15, 0.2) is 0 Å². The van der Waals surface area contributed by atoms with E-state index in [2.05, 4.69) is 10.2 Å². The third-order valence-corrected chi connectivity index (χ3v) is 4.00. The fourth-order valence-corrected chi connectivity index (χ4v) is 3.12. The Morgan fingerprint density at radius 3 is 2.56 bits per heavy atom. The second kappa shape index (κ2) is 5.17. The minimum Gasteiger partial charge on any atom is -0.339 e. The van der Waals surface area contributed by atoms with Crippen molar-refractivity contribution < 1.29 is 4.79 Å². The number of hydrogen-bond acceptors (Lipinski definition) is 2. The number of rotatable bonds is 2. The van der Waals surface area contributed by atoms with E-state index in [9.17, 15) is 4.79 Å². The van der Waals surface area contributed by atoms with E-state index >= 15 is 0 Å². The molecule has 0 aromatic rings. The number of piperidine rings is 1. The zero-order chi connectivity index (χ0) is 11.5. The van der Waals surface area contributed by atoms with Crippen molar-refractivity contribution in [3.8, 4) is 0 Å². The molecule has 0 spiro atoms. The van der Waals surface area contributed by atoms with Crippen LogP contribution in [0.3, 0.4) is 0 Å². The van der Waals surface area contributed by atoms with Crippen molar-refractivity contribution in [1.82, 2.24) is 10.2 Å². The van der Waals surface area contributed by atoms with Crippen LogP contribution in [-0.2, 0) is 4.79 Å². The molecule has 92 valence electrons. The van der Waals surface area contributed by atoms with Crippen LogP contribution in [0.25, 0.3) is 0 Å². The fraction of sp³-hybridized carbons (Fsp3) is 0.923. The standard InChI is InChI=1S/C13H24N2O/c1-10(2)13(16)15-9-3-4-12(15)11-5-7-14-8-6-11/h10-12,14H,3-9H2,1-2H3. The molecule has 0 aromatic carbocycles. The quantitative estimate of drug-likeness (QED) is 0.773. The van der Waals surface area contributed by atoms with Crippen LogP contribution in [-0.4, -0.2) is 36.5 Å². The molecular formula is C13H24N2O. The Hall–Kier alpha value is -0.570. The summed E-state index contributed by atoms with van der Waals surface area (Å²) >= 11 is 0. The first kappa shape index (κ1) is 11.9. The second-order valence-corrected chi connectivity index (χ2v) is 5.48. The van der Waals surface area contributed by atoms with E-state index < -0.39 is 0 Å². The Morgan fingerprint density at radius 1 is 1.25 bits per heavy atom. The van der Waals surface area contributed by atoms with E-state index in [1.807, 2.05) is 13.8 Å². The molecule has 0 aromatic heterocycles. The van der Waals surface area contributed by atoms with Crippen LogP contribution in [0.1, 0.15) is 39.5 Å². The van der Waals surface area contributed by atoms with Crippen molar-refractivity contribution in [2.75, 3.05) is 19.6 Å². The Labute approximate surface area is 98.6 Å². The summed E-state index contributed by atoms with van der Waals surface area (Å²) in [5.74, 6) is 1.26. The number of amides is 1. The van der Waals surface area contributed by atoms with E-state index in [4.69, 9.17) is 0 Å². The number of carbonyl (C=O) groups is 1. The van der Waals surface area contributed by atoms with E-state index in [0.717, 1.165) is 25.6 Å². The van der Waals surface area contributed by atoms with Crippen molar-refractivity contribution in [3.05, 3.63) is 0 Å². The van der Waals surface area contributed by atoms with Gasteiger partial charge < -0.3 is 10.2 Å². The largest absolute Gasteiger partial charge is 0.339 e. The smallest absolute Gasteiger partial charge is 0.225 e. The van der Waals surface area contributed by atoms with Gasteiger partial charge in [-0.2, -0.15) is 0 Å². The Bertz CT molecular complexity index is 246. The van der Waals surface area contributed by atoms with Gasteiger partial charge in [-0.25, -0.2) is 0 Å². The molecule has 3 heteroatoms. The lowest BCUT2D eigenvalue weighted by Crippen LogP contribution is -2.45. The molecule has 1 amide bonds. The SMILES string of the molecule is CC(C)C(=O)N1CCCC1C1CCNCC1. The predicted molar refractivity (Wildman–Crippen MR) is 65.2 cm³/mol. The number of carbonyl (C=O) groups excluding carboxylic acids is 1.